The maximum absolute atomic E-state index is 14.2. The van der Waals surface area contributed by atoms with Crippen LogP contribution in [0.2, 0.25) is 0 Å². The van der Waals surface area contributed by atoms with Crippen LogP contribution in [-0.2, 0) is 24.4 Å². The van der Waals surface area contributed by atoms with E-state index >= 15 is 0 Å². The number of methoxy groups -OCH3 is 4. The number of ether oxygens (including phenoxy) is 4. The molecule has 3 amide bonds. The molecule has 0 saturated carbocycles. The van der Waals surface area contributed by atoms with Gasteiger partial charge in [0.05, 0.1) is 35.0 Å². The molecule has 2 aliphatic rings. The summed E-state index contributed by atoms with van der Waals surface area (Å²) in [7, 11) is 6.50. The lowest BCUT2D eigenvalue weighted by molar-refractivity contribution is -0.136. The van der Waals surface area contributed by atoms with Crippen LogP contribution in [0.4, 0.5) is 4.79 Å². The summed E-state index contributed by atoms with van der Waals surface area (Å²) in [6.45, 7) is 2.54. The van der Waals surface area contributed by atoms with E-state index in [2.05, 4.69) is 4.90 Å². The lowest BCUT2D eigenvalue weighted by Crippen LogP contribution is -2.56. The minimum atomic E-state index is -0.915. The van der Waals surface area contributed by atoms with Crippen molar-refractivity contribution in [3.05, 3.63) is 83.4 Å². The van der Waals surface area contributed by atoms with Gasteiger partial charge in [-0.05, 0) is 65.9 Å². The fourth-order valence-electron chi connectivity index (χ4n) is 5.83. The van der Waals surface area contributed by atoms with Crippen LogP contribution in [0.3, 0.4) is 0 Å². The van der Waals surface area contributed by atoms with Gasteiger partial charge in [-0.15, -0.1) is 0 Å². The van der Waals surface area contributed by atoms with Gasteiger partial charge in [0.25, 0.3) is 5.91 Å². The zero-order valence-corrected chi connectivity index (χ0v) is 24.1. The number of rotatable bonds is 10. The lowest BCUT2D eigenvalue weighted by Gasteiger charge is -2.42. The Hall–Kier alpha value is -4.24. The zero-order valence-electron chi connectivity index (χ0n) is 24.1. The largest absolute Gasteiger partial charge is 0.497 e. The van der Waals surface area contributed by atoms with Gasteiger partial charge in [-0.3, -0.25) is 14.6 Å². The summed E-state index contributed by atoms with van der Waals surface area (Å²) in [5, 5.41) is 0. The Morgan fingerprint density at radius 2 is 1.15 bits per heavy atom. The highest BCUT2D eigenvalue weighted by Crippen LogP contribution is 2.40. The molecule has 9 heteroatoms. The van der Waals surface area contributed by atoms with Crippen LogP contribution in [0.25, 0.3) is 0 Å². The number of likely N-dealkylation sites (tertiary alicyclic amines) is 1. The number of amides is 3. The third kappa shape index (κ3) is 5.81. The van der Waals surface area contributed by atoms with Crippen molar-refractivity contribution in [1.82, 2.24) is 14.7 Å². The van der Waals surface area contributed by atoms with Crippen molar-refractivity contribution < 1.29 is 28.5 Å². The molecule has 216 valence electrons. The maximum Gasteiger partial charge on any atom is 0.328 e. The molecule has 2 aliphatic heterocycles. The number of piperidine rings is 1. The van der Waals surface area contributed by atoms with E-state index in [0.717, 1.165) is 28.2 Å². The van der Waals surface area contributed by atoms with Gasteiger partial charge in [-0.1, -0.05) is 24.3 Å². The van der Waals surface area contributed by atoms with E-state index in [9.17, 15) is 9.59 Å². The van der Waals surface area contributed by atoms with E-state index < -0.39 is 5.54 Å². The highest BCUT2D eigenvalue weighted by molar-refractivity contribution is 6.07. The van der Waals surface area contributed by atoms with Crippen molar-refractivity contribution in [3.8, 4) is 23.0 Å². The van der Waals surface area contributed by atoms with Crippen molar-refractivity contribution in [2.45, 2.75) is 38.0 Å². The Kier molecular flexibility index (Phi) is 8.35. The summed E-state index contributed by atoms with van der Waals surface area (Å²) < 4.78 is 21.7. The molecule has 0 atom stereocenters. The third-order valence-corrected chi connectivity index (χ3v) is 8.07. The Labute approximate surface area is 241 Å². The highest BCUT2D eigenvalue weighted by Gasteiger charge is 2.57. The SMILES string of the molecule is COc1cccc(CN2C(=O)N(Cc3cccc(OC)c3)C3(CCN(Cc4cc(OC)cc(OC)c4)CC3)C2=O)c1. The number of urea groups is 1. The van der Waals surface area contributed by atoms with Crippen molar-refractivity contribution in [2.75, 3.05) is 41.5 Å². The summed E-state index contributed by atoms with van der Waals surface area (Å²) in [4.78, 5) is 33.6. The monoisotopic (exact) mass is 559 g/mol. The molecule has 41 heavy (non-hydrogen) atoms. The predicted molar refractivity (Wildman–Crippen MR) is 154 cm³/mol. The van der Waals surface area contributed by atoms with Gasteiger partial charge in [0.1, 0.15) is 28.5 Å². The van der Waals surface area contributed by atoms with Crippen LogP contribution >= 0.6 is 0 Å². The van der Waals surface area contributed by atoms with Gasteiger partial charge < -0.3 is 23.8 Å². The molecule has 0 unspecified atom stereocenters. The van der Waals surface area contributed by atoms with Crippen molar-refractivity contribution in [2.24, 2.45) is 0 Å². The number of benzene rings is 3. The fraction of sp³-hybridized carbons (Fsp3) is 0.375. The van der Waals surface area contributed by atoms with Gasteiger partial charge in [0.2, 0.25) is 0 Å². The predicted octanol–water partition coefficient (Wildman–Crippen LogP) is 4.72. The van der Waals surface area contributed by atoms with Crippen LogP contribution in [0.15, 0.2) is 66.7 Å². The molecular weight excluding hydrogens is 522 g/mol. The Morgan fingerprint density at radius 3 is 1.68 bits per heavy atom. The average molecular weight is 560 g/mol. The fourth-order valence-corrected chi connectivity index (χ4v) is 5.83. The Balaban J connectivity index is 1.40. The molecule has 0 aromatic heterocycles. The minimum Gasteiger partial charge on any atom is -0.497 e. The topological polar surface area (TPSA) is 80.8 Å². The second-order valence-corrected chi connectivity index (χ2v) is 10.5. The number of hydrogen-bond acceptors (Lipinski definition) is 7. The molecule has 9 nitrogen and oxygen atoms in total. The van der Waals surface area contributed by atoms with E-state index in [1.807, 2.05) is 66.7 Å². The molecule has 1 spiro atoms. The number of hydrogen-bond donors (Lipinski definition) is 0. The molecule has 2 fully saturated rings. The number of nitrogens with zero attached hydrogens (tertiary/aromatic N) is 3. The van der Waals surface area contributed by atoms with E-state index in [1.165, 1.54) is 4.90 Å². The number of carbonyl (C=O) groups excluding carboxylic acids is 2. The number of imide groups is 1. The maximum atomic E-state index is 14.2. The Bertz CT molecular complexity index is 1380. The summed E-state index contributed by atoms with van der Waals surface area (Å²) in [5.74, 6) is 2.73. The van der Waals surface area contributed by atoms with E-state index in [1.54, 1.807) is 33.3 Å². The summed E-state index contributed by atoms with van der Waals surface area (Å²) >= 11 is 0. The van der Waals surface area contributed by atoms with Crippen LogP contribution in [0, 0.1) is 0 Å². The molecular formula is C32H37N3O6. The Morgan fingerprint density at radius 1 is 0.634 bits per heavy atom. The van der Waals surface area contributed by atoms with Crippen LogP contribution in [0.1, 0.15) is 29.5 Å². The van der Waals surface area contributed by atoms with Crippen LogP contribution < -0.4 is 18.9 Å². The van der Waals surface area contributed by atoms with Gasteiger partial charge in [-0.25, -0.2) is 4.79 Å². The highest BCUT2D eigenvalue weighted by atomic mass is 16.5. The number of carbonyl (C=O) groups is 2. The molecule has 3 aromatic rings. The summed E-state index contributed by atoms with van der Waals surface area (Å²) in [6.07, 6.45) is 1.08. The molecule has 0 aliphatic carbocycles. The second-order valence-electron chi connectivity index (χ2n) is 10.5. The van der Waals surface area contributed by atoms with Crippen LogP contribution in [-0.4, -0.2) is 73.7 Å². The minimum absolute atomic E-state index is 0.143. The quantitative estimate of drug-likeness (QED) is 0.333. The second kappa shape index (κ2) is 12.1. The first-order valence-corrected chi connectivity index (χ1v) is 13.7. The molecule has 0 radical (unpaired) electrons. The first kappa shape index (κ1) is 28.3. The lowest BCUT2D eigenvalue weighted by atomic mass is 9.85. The third-order valence-electron chi connectivity index (χ3n) is 8.07. The molecule has 3 aromatic carbocycles. The standard InChI is InChI=1S/C32H37N3O6/c1-38-26-9-5-7-23(15-26)21-34-30(36)32(35(31(34)37)22-24-8-6-10-27(16-24)39-2)11-13-33(14-12-32)20-25-17-28(40-3)19-29(18-25)41-4/h5-10,15-19H,11-14,20-22H2,1-4H3. The van der Waals surface area contributed by atoms with E-state index in [4.69, 9.17) is 18.9 Å². The van der Waals surface area contributed by atoms with Gasteiger partial charge in [0.15, 0.2) is 0 Å². The van der Waals surface area contributed by atoms with E-state index in [0.29, 0.717) is 50.5 Å². The molecule has 2 heterocycles. The van der Waals surface area contributed by atoms with Crippen molar-refractivity contribution in [1.29, 1.82) is 0 Å². The van der Waals surface area contributed by atoms with E-state index in [-0.39, 0.29) is 18.5 Å². The van der Waals surface area contributed by atoms with Gasteiger partial charge in [-0.2, -0.15) is 0 Å². The normalized spacial score (nSPS) is 16.8. The summed E-state index contributed by atoms with van der Waals surface area (Å²) in [6, 6.07) is 20.7. The van der Waals surface area contributed by atoms with Crippen LogP contribution in [0.5, 0.6) is 23.0 Å². The molecule has 0 bridgehead atoms. The van der Waals surface area contributed by atoms with Gasteiger partial charge >= 0.3 is 6.03 Å². The average Bonchev–Trinajstić information content (AvgIpc) is 3.19. The molecule has 2 saturated heterocycles. The van der Waals surface area contributed by atoms with Gasteiger partial charge in [0, 0.05) is 32.2 Å². The van der Waals surface area contributed by atoms with Crippen molar-refractivity contribution >= 4 is 11.9 Å². The van der Waals surface area contributed by atoms with Crippen molar-refractivity contribution in [3.63, 3.8) is 0 Å². The zero-order chi connectivity index (χ0) is 29.0. The molecule has 0 N–H and O–H groups in total. The smallest absolute Gasteiger partial charge is 0.328 e. The first-order chi connectivity index (χ1) is 19.9. The first-order valence-electron chi connectivity index (χ1n) is 13.7. The summed E-state index contributed by atoms with van der Waals surface area (Å²) in [5.41, 5.74) is 1.91. The molecule has 5 rings (SSSR count).